The standard InChI is InChI=1S/C12H21N5O/c1-15(2)10-3-6-16(7-4-10)12(18)9-17-8-5-11(13)14-17/h5,8,10H,3-4,6-7,9H2,1-2H3,(H2,13,14). The molecule has 0 aliphatic carbocycles. The smallest absolute Gasteiger partial charge is 0.244 e. The van der Waals surface area contributed by atoms with E-state index in [-0.39, 0.29) is 12.5 Å². The second-order valence-electron chi connectivity index (χ2n) is 5.01. The average Bonchev–Trinajstić information content (AvgIpc) is 2.75. The van der Waals surface area contributed by atoms with Gasteiger partial charge in [-0.1, -0.05) is 0 Å². The number of likely N-dealkylation sites (tertiary alicyclic amines) is 1. The number of rotatable bonds is 3. The Labute approximate surface area is 107 Å². The first-order valence-corrected chi connectivity index (χ1v) is 6.29. The lowest BCUT2D eigenvalue weighted by Gasteiger charge is -2.35. The highest BCUT2D eigenvalue weighted by Crippen LogP contribution is 2.14. The number of hydrogen-bond acceptors (Lipinski definition) is 4. The fraction of sp³-hybridized carbons (Fsp3) is 0.667. The summed E-state index contributed by atoms with van der Waals surface area (Å²) in [6.07, 6.45) is 3.82. The summed E-state index contributed by atoms with van der Waals surface area (Å²) in [7, 11) is 4.18. The molecule has 6 heteroatoms. The maximum absolute atomic E-state index is 12.1. The minimum absolute atomic E-state index is 0.121. The van der Waals surface area contributed by atoms with E-state index in [9.17, 15) is 4.79 Å². The summed E-state index contributed by atoms with van der Waals surface area (Å²) < 4.78 is 1.59. The van der Waals surface area contributed by atoms with Crippen LogP contribution in [-0.2, 0) is 11.3 Å². The van der Waals surface area contributed by atoms with Crippen LogP contribution in [-0.4, -0.2) is 58.7 Å². The second-order valence-corrected chi connectivity index (χ2v) is 5.01. The molecule has 1 aliphatic rings. The van der Waals surface area contributed by atoms with E-state index in [0.717, 1.165) is 25.9 Å². The number of aromatic nitrogens is 2. The van der Waals surface area contributed by atoms with Gasteiger partial charge >= 0.3 is 0 Å². The summed E-state index contributed by atoms with van der Waals surface area (Å²) in [6.45, 7) is 1.95. The molecule has 0 unspecified atom stereocenters. The average molecular weight is 251 g/mol. The third-order valence-electron chi connectivity index (χ3n) is 3.51. The molecule has 2 heterocycles. The van der Waals surface area contributed by atoms with Crippen molar-refractivity contribution < 1.29 is 4.79 Å². The first-order valence-electron chi connectivity index (χ1n) is 6.29. The molecule has 100 valence electrons. The van der Waals surface area contributed by atoms with Crippen molar-refractivity contribution in [1.82, 2.24) is 19.6 Å². The quantitative estimate of drug-likeness (QED) is 0.822. The SMILES string of the molecule is CN(C)C1CCN(C(=O)Cn2ccc(N)n2)CC1. The number of anilines is 1. The number of piperidine rings is 1. The van der Waals surface area contributed by atoms with Gasteiger partial charge in [-0.2, -0.15) is 5.10 Å². The number of nitrogens with two attached hydrogens (primary N) is 1. The van der Waals surface area contributed by atoms with Gasteiger partial charge in [0, 0.05) is 25.3 Å². The van der Waals surface area contributed by atoms with Crippen molar-refractivity contribution >= 4 is 11.7 Å². The van der Waals surface area contributed by atoms with Crippen molar-refractivity contribution in [3.63, 3.8) is 0 Å². The Hall–Kier alpha value is -1.56. The highest BCUT2D eigenvalue weighted by molar-refractivity contribution is 5.76. The fourth-order valence-electron chi connectivity index (χ4n) is 2.34. The molecule has 0 spiro atoms. The van der Waals surface area contributed by atoms with Gasteiger partial charge in [-0.05, 0) is 33.0 Å². The molecule has 1 fully saturated rings. The zero-order valence-electron chi connectivity index (χ0n) is 11.0. The minimum Gasteiger partial charge on any atom is -0.382 e. The van der Waals surface area contributed by atoms with E-state index in [2.05, 4.69) is 24.1 Å². The van der Waals surface area contributed by atoms with Crippen LogP contribution >= 0.6 is 0 Å². The van der Waals surface area contributed by atoms with E-state index in [1.807, 2.05) is 4.90 Å². The molecule has 1 saturated heterocycles. The number of nitrogens with zero attached hydrogens (tertiary/aromatic N) is 4. The van der Waals surface area contributed by atoms with Gasteiger partial charge in [0.25, 0.3) is 0 Å². The van der Waals surface area contributed by atoms with Crippen molar-refractivity contribution in [1.29, 1.82) is 0 Å². The number of carbonyl (C=O) groups is 1. The molecule has 0 radical (unpaired) electrons. The maximum Gasteiger partial charge on any atom is 0.244 e. The molecule has 0 saturated carbocycles. The zero-order valence-corrected chi connectivity index (χ0v) is 11.0. The Kier molecular flexibility index (Phi) is 3.86. The van der Waals surface area contributed by atoms with Gasteiger partial charge in [0.2, 0.25) is 5.91 Å². The van der Waals surface area contributed by atoms with Crippen LogP contribution in [0.2, 0.25) is 0 Å². The van der Waals surface area contributed by atoms with Crippen molar-refractivity contribution in [2.75, 3.05) is 32.9 Å². The van der Waals surface area contributed by atoms with E-state index >= 15 is 0 Å². The molecule has 1 aromatic rings. The Balaban J connectivity index is 1.84. The number of hydrogen-bond donors (Lipinski definition) is 1. The predicted molar refractivity (Wildman–Crippen MR) is 69.9 cm³/mol. The van der Waals surface area contributed by atoms with Crippen LogP contribution in [0.15, 0.2) is 12.3 Å². The van der Waals surface area contributed by atoms with Crippen LogP contribution in [0.4, 0.5) is 5.82 Å². The molecule has 1 aliphatic heterocycles. The summed E-state index contributed by atoms with van der Waals surface area (Å²) >= 11 is 0. The Morgan fingerprint density at radius 1 is 1.50 bits per heavy atom. The lowest BCUT2D eigenvalue weighted by Crippen LogP contribution is -2.45. The topological polar surface area (TPSA) is 67.4 Å². The Morgan fingerprint density at radius 3 is 2.67 bits per heavy atom. The Bertz CT molecular complexity index is 406. The van der Waals surface area contributed by atoms with Crippen molar-refractivity contribution in [3.8, 4) is 0 Å². The number of amides is 1. The van der Waals surface area contributed by atoms with Crippen LogP contribution < -0.4 is 5.73 Å². The van der Waals surface area contributed by atoms with E-state index < -0.39 is 0 Å². The molecule has 1 aromatic heterocycles. The Morgan fingerprint density at radius 2 is 2.17 bits per heavy atom. The van der Waals surface area contributed by atoms with Crippen LogP contribution in [0.5, 0.6) is 0 Å². The van der Waals surface area contributed by atoms with E-state index in [4.69, 9.17) is 5.73 Å². The summed E-state index contributed by atoms with van der Waals surface area (Å²) in [4.78, 5) is 16.2. The third kappa shape index (κ3) is 3.01. The highest BCUT2D eigenvalue weighted by Gasteiger charge is 2.23. The molecule has 0 bridgehead atoms. The molecular formula is C12H21N5O. The van der Waals surface area contributed by atoms with Crippen LogP contribution in [0.1, 0.15) is 12.8 Å². The molecule has 18 heavy (non-hydrogen) atoms. The normalized spacial score (nSPS) is 17.4. The number of carbonyl (C=O) groups excluding carboxylic acids is 1. The van der Waals surface area contributed by atoms with Crippen LogP contribution in [0.3, 0.4) is 0 Å². The van der Waals surface area contributed by atoms with Gasteiger partial charge in [-0.25, -0.2) is 0 Å². The van der Waals surface area contributed by atoms with Gasteiger partial charge in [0.05, 0.1) is 0 Å². The lowest BCUT2D eigenvalue weighted by atomic mass is 10.0. The van der Waals surface area contributed by atoms with E-state index in [0.29, 0.717) is 11.9 Å². The number of nitrogen functional groups attached to an aromatic ring is 1. The summed E-state index contributed by atoms with van der Waals surface area (Å²) in [5, 5.41) is 4.03. The van der Waals surface area contributed by atoms with E-state index in [1.165, 1.54) is 0 Å². The maximum atomic E-state index is 12.1. The third-order valence-corrected chi connectivity index (χ3v) is 3.51. The fourth-order valence-corrected chi connectivity index (χ4v) is 2.34. The van der Waals surface area contributed by atoms with Gasteiger partial charge in [0.1, 0.15) is 12.4 Å². The second kappa shape index (κ2) is 5.39. The van der Waals surface area contributed by atoms with Crippen LogP contribution in [0, 0.1) is 0 Å². The van der Waals surface area contributed by atoms with Crippen molar-refractivity contribution in [3.05, 3.63) is 12.3 Å². The zero-order chi connectivity index (χ0) is 13.1. The van der Waals surface area contributed by atoms with Gasteiger partial charge in [-0.15, -0.1) is 0 Å². The first kappa shape index (κ1) is 12.9. The molecule has 2 rings (SSSR count). The summed E-state index contributed by atoms with van der Waals surface area (Å²) in [6, 6.07) is 2.29. The molecule has 0 aromatic carbocycles. The summed E-state index contributed by atoms with van der Waals surface area (Å²) in [5.41, 5.74) is 5.52. The van der Waals surface area contributed by atoms with Gasteiger partial charge in [0.15, 0.2) is 0 Å². The summed E-state index contributed by atoms with van der Waals surface area (Å²) in [5.74, 6) is 0.574. The molecule has 0 atom stereocenters. The molecule has 2 N–H and O–H groups in total. The molecule has 6 nitrogen and oxygen atoms in total. The van der Waals surface area contributed by atoms with Gasteiger partial charge < -0.3 is 15.5 Å². The van der Waals surface area contributed by atoms with Crippen LogP contribution in [0.25, 0.3) is 0 Å². The molecule has 1 amide bonds. The monoisotopic (exact) mass is 251 g/mol. The first-order chi connectivity index (χ1) is 8.56. The van der Waals surface area contributed by atoms with Crippen molar-refractivity contribution in [2.45, 2.75) is 25.4 Å². The van der Waals surface area contributed by atoms with E-state index in [1.54, 1.807) is 16.9 Å². The largest absolute Gasteiger partial charge is 0.382 e. The van der Waals surface area contributed by atoms with Gasteiger partial charge in [-0.3, -0.25) is 9.48 Å². The minimum atomic E-state index is 0.121. The predicted octanol–water partition coefficient (Wildman–Crippen LogP) is 0.0179. The highest BCUT2D eigenvalue weighted by atomic mass is 16.2. The molecular weight excluding hydrogens is 230 g/mol. The lowest BCUT2D eigenvalue weighted by molar-refractivity contribution is -0.133. The van der Waals surface area contributed by atoms with Crippen molar-refractivity contribution in [2.24, 2.45) is 0 Å².